The lowest BCUT2D eigenvalue weighted by molar-refractivity contribution is 0.401. The summed E-state index contributed by atoms with van der Waals surface area (Å²) in [5.74, 6) is 0.723. The van der Waals surface area contributed by atoms with Crippen LogP contribution in [0.3, 0.4) is 0 Å². The molecule has 1 unspecified atom stereocenters. The molecule has 0 aromatic heterocycles. The van der Waals surface area contributed by atoms with Crippen LogP contribution in [0.4, 0.5) is 4.39 Å². The second-order valence-corrected chi connectivity index (χ2v) is 5.30. The van der Waals surface area contributed by atoms with Gasteiger partial charge in [0.1, 0.15) is 11.6 Å². The van der Waals surface area contributed by atoms with Gasteiger partial charge in [-0.05, 0) is 56.1 Å². The Balaban J connectivity index is 1.92. The van der Waals surface area contributed by atoms with Gasteiger partial charge < -0.3 is 10.1 Å². The molecule has 1 atom stereocenters. The molecule has 0 radical (unpaired) electrons. The highest BCUT2D eigenvalue weighted by Crippen LogP contribution is 2.25. The zero-order chi connectivity index (χ0) is 15.2. The molecule has 112 valence electrons. The average Bonchev–Trinajstić information content (AvgIpc) is 2.49. The van der Waals surface area contributed by atoms with Gasteiger partial charge in [-0.25, -0.2) is 4.39 Å². The molecule has 0 aliphatic rings. The highest BCUT2D eigenvalue weighted by atomic mass is 19.1. The Bertz CT molecular complexity index is 580. The predicted molar refractivity (Wildman–Crippen MR) is 84.3 cm³/mol. The van der Waals surface area contributed by atoms with Crippen molar-refractivity contribution >= 4 is 0 Å². The molecule has 2 rings (SSSR count). The number of hydrogen-bond acceptors (Lipinski definition) is 2. The number of aryl methyl sites for hydroxylation is 1. The third-order valence-corrected chi connectivity index (χ3v) is 3.63. The lowest BCUT2D eigenvalue weighted by atomic mass is 10.0. The largest absolute Gasteiger partial charge is 0.496 e. The van der Waals surface area contributed by atoms with Crippen LogP contribution in [0.15, 0.2) is 42.5 Å². The first-order chi connectivity index (χ1) is 10.1. The van der Waals surface area contributed by atoms with Gasteiger partial charge in [-0.15, -0.1) is 0 Å². The minimum absolute atomic E-state index is 0.190. The van der Waals surface area contributed by atoms with E-state index in [-0.39, 0.29) is 11.9 Å². The highest BCUT2D eigenvalue weighted by molar-refractivity contribution is 5.39. The maximum absolute atomic E-state index is 12.8. The molecule has 0 bridgehead atoms. The van der Waals surface area contributed by atoms with Crippen molar-refractivity contribution < 1.29 is 9.13 Å². The molecule has 3 heteroatoms. The molecule has 0 saturated heterocycles. The van der Waals surface area contributed by atoms with Gasteiger partial charge in [0.2, 0.25) is 0 Å². The van der Waals surface area contributed by atoms with Crippen LogP contribution in [0.5, 0.6) is 5.75 Å². The molecule has 0 spiro atoms. The van der Waals surface area contributed by atoms with E-state index in [9.17, 15) is 4.39 Å². The lowest BCUT2D eigenvalue weighted by Gasteiger charge is -2.18. The summed E-state index contributed by atoms with van der Waals surface area (Å²) in [4.78, 5) is 0. The molecule has 0 aliphatic carbocycles. The van der Waals surface area contributed by atoms with Gasteiger partial charge in [-0.2, -0.15) is 0 Å². The summed E-state index contributed by atoms with van der Waals surface area (Å²) in [5, 5.41) is 3.48. The summed E-state index contributed by atoms with van der Waals surface area (Å²) in [7, 11) is 1.70. The van der Waals surface area contributed by atoms with Crippen molar-refractivity contribution in [3.05, 3.63) is 65.0 Å². The van der Waals surface area contributed by atoms with Gasteiger partial charge in [0.25, 0.3) is 0 Å². The molecule has 21 heavy (non-hydrogen) atoms. The van der Waals surface area contributed by atoms with E-state index in [2.05, 4.69) is 31.3 Å². The van der Waals surface area contributed by atoms with E-state index in [1.165, 1.54) is 17.7 Å². The summed E-state index contributed by atoms with van der Waals surface area (Å²) in [6, 6.07) is 13.1. The first-order valence-corrected chi connectivity index (χ1v) is 7.22. The molecule has 1 N–H and O–H groups in total. The topological polar surface area (TPSA) is 21.3 Å². The molecule has 0 fully saturated rings. The smallest absolute Gasteiger partial charge is 0.123 e. The van der Waals surface area contributed by atoms with E-state index in [1.807, 2.05) is 18.2 Å². The first-order valence-electron chi connectivity index (χ1n) is 7.22. The minimum atomic E-state index is -0.190. The van der Waals surface area contributed by atoms with Crippen molar-refractivity contribution in [3.63, 3.8) is 0 Å². The lowest BCUT2D eigenvalue weighted by Crippen LogP contribution is -2.21. The van der Waals surface area contributed by atoms with Crippen LogP contribution >= 0.6 is 0 Å². The summed E-state index contributed by atoms with van der Waals surface area (Å²) < 4.78 is 18.3. The number of benzene rings is 2. The Hall–Kier alpha value is -1.87. The number of hydrogen-bond donors (Lipinski definition) is 1. The Morgan fingerprint density at radius 3 is 2.52 bits per heavy atom. The fraction of sp³-hybridized carbons (Fsp3) is 0.333. The second-order valence-electron chi connectivity index (χ2n) is 5.30. The summed E-state index contributed by atoms with van der Waals surface area (Å²) in [5.41, 5.74) is 3.48. The average molecular weight is 287 g/mol. The van der Waals surface area contributed by atoms with Gasteiger partial charge in [0.05, 0.1) is 7.11 Å². The van der Waals surface area contributed by atoms with Crippen molar-refractivity contribution in [2.45, 2.75) is 26.3 Å². The quantitative estimate of drug-likeness (QED) is 0.866. The third-order valence-electron chi connectivity index (χ3n) is 3.63. The first kappa shape index (κ1) is 15.5. The highest BCUT2D eigenvalue weighted by Gasteiger charge is 2.10. The summed E-state index contributed by atoms with van der Waals surface area (Å²) in [6.45, 7) is 5.01. The van der Waals surface area contributed by atoms with Crippen molar-refractivity contribution in [2.24, 2.45) is 0 Å². The van der Waals surface area contributed by atoms with Crippen molar-refractivity contribution in [1.29, 1.82) is 0 Å². The Morgan fingerprint density at radius 2 is 1.86 bits per heavy atom. The maximum atomic E-state index is 12.8. The Morgan fingerprint density at radius 1 is 1.14 bits per heavy atom. The maximum Gasteiger partial charge on any atom is 0.123 e. The molecule has 2 aromatic carbocycles. The van der Waals surface area contributed by atoms with Crippen LogP contribution in [-0.2, 0) is 6.42 Å². The monoisotopic (exact) mass is 287 g/mol. The zero-order valence-electron chi connectivity index (χ0n) is 12.8. The molecule has 0 aliphatic heterocycles. The van der Waals surface area contributed by atoms with Crippen molar-refractivity contribution in [2.75, 3.05) is 13.7 Å². The molecular weight excluding hydrogens is 265 g/mol. The number of halogens is 1. The van der Waals surface area contributed by atoms with E-state index in [4.69, 9.17) is 4.74 Å². The third kappa shape index (κ3) is 4.30. The van der Waals surface area contributed by atoms with E-state index < -0.39 is 0 Å². The van der Waals surface area contributed by atoms with Crippen LogP contribution in [0.25, 0.3) is 0 Å². The van der Waals surface area contributed by atoms with Gasteiger partial charge in [-0.1, -0.05) is 24.3 Å². The molecule has 0 heterocycles. The summed E-state index contributed by atoms with van der Waals surface area (Å²) in [6.07, 6.45) is 0.874. The van der Waals surface area contributed by atoms with Gasteiger partial charge in [0.15, 0.2) is 0 Å². The second kappa shape index (κ2) is 7.23. The standard InChI is InChI=1S/C18H22FNO/c1-13-4-9-17(18(12-13)21-3)14(2)20-11-10-15-5-7-16(19)8-6-15/h4-9,12,14,20H,10-11H2,1-3H3. The van der Waals surface area contributed by atoms with Crippen LogP contribution < -0.4 is 10.1 Å². The molecule has 2 aromatic rings. The Labute approximate surface area is 126 Å². The fourth-order valence-electron chi connectivity index (χ4n) is 2.37. The van der Waals surface area contributed by atoms with Gasteiger partial charge in [-0.3, -0.25) is 0 Å². The number of methoxy groups -OCH3 is 1. The molecule has 0 saturated carbocycles. The molecular formula is C18H22FNO. The van der Waals surface area contributed by atoms with E-state index in [0.717, 1.165) is 29.8 Å². The zero-order valence-corrected chi connectivity index (χ0v) is 12.8. The number of ether oxygens (including phenoxy) is 1. The SMILES string of the molecule is COc1cc(C)ccc1C(C)NCCc1ccc(F)cc1. The van der Waals surface area contributed by atoms with E-state index in [1.54, 1.807) is 7.11 Å². The fourth-order valence-corrected chi connectivity index (χ4v) is 2.37. The van der Waals surface area contributed by atoms with Crippen LogP contribution in [0, 0.1) is 12.7 Å². The number of nitrogens with one attached hydrogen (secondary N) is 1. The normalized spacial score (nSPS) is 12.2. The summed E-state index contributed by atoms with van der Waals surface area (Å²) >= 11 is 0. The van der Waals surface area contributed by atoms with Crippen molar-refractivity contribution in [1.82, 2.24) is 5.32 Å². The Kier molecular flexibility index (Phi) is 5.34. The van der Waals surface area contributed by atoms with Crippen LogP contribution in [0.1, 0.15) is 29.7 Å². The minimum Gasteiger partial charge on any atom is -0.496 e. The van der Waals surface area contributed by atoms with Gasteiger partial charge >= 0.3 is 0 Å². The number of rotatable bonds is 6. The molecule has 2 nitrogen and oxygen atoms in total. The predicted octanol–water partition coefficient (Wildman–Crippen LogP) is 4.04. The van der Waals surface area contributed by atoms with E-state index in [0.29, 0.717) is 0 Å². The molecule has 0 amide bonds. The van der Waals surface area contributed by atoms with Crippen molar-refractivity contribution in [3.8, 4) is 5.75 Å². The van der Waals surface area contributed by atoms with Crippen LogP contribution in [-0.4, -0.2) is 13.7 Å². The van der Waals surface area contributed by atoms with Crippen LogP contribution in [0.2, 0.25) is 0 Å². The van der Waals surface area contributed by atoms with Gasteiger partial charge in [0, 0.05) is 11.6 Å². The van der Waals surface area contributed by atoms with E-state index >= 15 is 0 Å².